The summed E-state index contributed by atoms with van der Waals surface area (Å²) in [7, 11) is 0. The van der Waals surface area contributed by atoms with E-state index in [0.717, 1.165) is 37.1 Å². The van der Waals surface area contributed by atoms with Crippen LogP contribution < -0.4 is 10.6 Å². The fourth-order valence-corrected chi connectivity index (χ4v) is 6.22. The summed E-state index contributed by atoms with van der Waals surface area (Å²) in [5.74, 6) is 2.95. The summed E-state index contributed by atoms with van der Waals surface area (Å²) in [6.45, 7) is 0.750. The minimum atomic E-state index is 0.0453. The molecule has 0 aromatic rings. The van der Waals surface area contributed by atoms with Gasteiger partial charge in [0.05, 0.1) is 0 Å². The fourth-order valence-electron chi connectivity index (χ4n) is 6.22. The number of amides is 2. The lowest BCUT2D eigenvalue weighted by molar-refractivity contribution is -0.130. The van der Waals surface area contributed by atoms with Crippen molar-refractivity contribution in [1.29, 1.82) is 0 Å². The van der Waals surface area contributed by atoms with Crippen molar-refractivity contribution in [3.05, 3.63) is 0 Å². The third-order valence-electron chi connectivity index (χ3n) is 6.55. The van der Waals surface area contributed by atoms with Crippen molar-refractivity contribution < 1.29 is 9.59 Å². The first-order valence-corrected chi connectivity index (χ1v) is 9.16. The molecule has 4 heteroatoms. The van der Waals surface area contributed by atoms with E-state index in [0.29, 0.717) is 18.3 Å². The van der Waals surface area contributed by atoms with Crippen LogP contribution in [0.5, 0.6) is 0 Å². The quantitative estimate of drug-likeness (QED) is 0.841. The molecule has 5 rings (SSSR count). The van der Waals surface area contributed by atoms with Crippen LogP contribution in [0.15, 0.2) is 0 Å². The van der Waals surface area contributed by atoms with Gasteiger partial charge >= 0.3 is 0 Å². The van der Waals surface area contributed by atoms with Crippen LogP contribution in [0.3, 0.4) is 0 Å². The Kier molecular flexibility index (Phi) is 3.66. The molecule has 4 saturated carbocycles. The van der Waals surface area contributed by atoms with E-state index in [2.05, 4.69) is 10.6 Å². The van der Waals surface area contributed by atoms with E-state index >= 15 is 0 Å². The van der Waals surface area contributed by atoms with Gasteiger partial charge in [0.2, 0.25) is 11.8 Å². The molecule has 22 heavy (non-hydrogen) atoms. The number of hydrogen-bond donors (Lipinski definition) is 2. The van der Waals surface area contributed by atoms with Gasteiger partial charge in [0.1, 0.15) is 0 Å². The molecule has 4 nitrogen and oxygen atoms in total. The normalized spacial score (nSPS) is 43.5. The van der Waals surface area contributed by atoms with Crippen molar-refractivity contribution in [3.8, 4) is 0 Å². The highest BCUT2D eigenvalue weighted by Gasteiger charge is 2.51. The topological polar surface area (TPSA) is 58.2 Å². The van der Waals surface area contributed by atoms with Gasteiger partial charge in [-0.2, -0.15) is 0 Å². The number of rotatable bonds is 3. The van der Waals surface area contributed by atoms with Gasteiger partial charge in [-0.1, -0.05) is 0 Å². The second-order valence-corrected chi connectivity index (χ2v) is 8.56. The third-order valence-corrected chi connectivity index (χ3v) is 6.55. The fraction of sp³-hybridized carbons (Fsp3) is 0.889. The number of carbonyl (C=O) groups is 2. The van der Waals surface area contributed by atoms with Gasteiger partial charge in [-0.05, 0) is 74.5 Å². The standard InChI is InChI=1S/C18H28N2O2/c21-16-7-15(2-1-3-19-16)20-17(22)11-18-8-12-4-13(9-18)6-14(5-12)10-18/h12-15H,1-11H2,(H,19,21)(H,20,22)/t12?,13?,14?,15-,18?/m0/s1. The highest BCUT2D eigenvalue weighted by Crippen LogP contribution is 2.61. The van der Waals surface area contributed by atoms with Crippen LogP contribution in [-0.4, -0.2) is 24.4 Å². The molecule has 1 atom stereocenters. The smallest absolute Gasteiger partial charge is 0.222 e. The number of nitrogens with one attached hydrogen (secondary N) is 2. The predicted molar refractivity (Wildman–Crippen MR) is 84.0 cm³/mol. The number of carbonyl (C=O) groups excluding carboxylic acids is 2. The Bertz CT molecular complexity index is 438. The second-order valence-electron chi connectivity index (χ2n) is 8.56. The summed E-state index contributed by atoms with van der Waals surface area (Å²) in [6.07, 6.45) is 11.1. The maximum atomic E-state index is 12.6. The first kappa shape index (κ1) is 14.5. The van der Waals surface area contributed by atoms with Gasteiger partial charge in [0.15, 0.2) is 0 Å². The van der Waals surface area contributed by atoms with Crippen molar-refractivity contribution in [1.82, 2.24) is 10.6 Å². The zero-order chi connectivity index (χ0) is 15.2. The summed E-state index contributed by atoms with van der Waals surface area (Å²) < 4.78 is 0. The van der Waals surface area contributed by atoms with Gasteiger partial charge in [-0.15, -0.1) is 0 Å². The zero-order valence-electron chi connectivity index (χ0n) is 13.4. The molecule has 0 aromatic carbocycles. The summed E-state index contributed by atoms with van der Waals surface area (Å²) in [6, 6.07) is 0.0453. The van der Waals surface area contributed by atoms with E-state index in [9.17, 15) is 9.59 Å². The SMILES string of the molecule is O=C1C[C@@H](NC(=O)CC23CC4CC(CC(C4)C2)C3)CCCN1. The lowest BCUT2D eigenvalue weighted by atomic mass is 9.49. The van der Waals surface area contributed by atoms with Gasteiger partial charge < -0.3 is 10.6 Å². The van der Waals surface area contributed by atoms with E-state index in [1.54, 1.807) is 0 Å². The van der Waals surface area contributed by atoms with E-state index in [1.165, 1.54) is 38.5 Å². The molecular weight excluding hydrogens is 276 g/mol. The molecule has 0 unspecified atom stereocenters. The average Bonchev–Trinajstić information content (AvgIpc) is 2.60. The zero-order valence-corrected chi connectivity index (χ0v) is 13.4. The van der Waals surface area contributed by atoms with Gasteiger partial charge in [-0.3, -0.25) is 9.59 Å². The molecule has 4 bridgehead atoms. The summed E-state index contributed by atoms with van der Waals surface area (Å²) in [5.41, 5.74) is 0.297. The van der Waals surface area contributed by atoms with Crippen LogP contribution in [-0.2, 0) is 9.59 Å². The highest BCUT2D eigenvalue weighted by atomic mass is 16.2. The largest absolute Gasteiger partial charge is 0.356 e. The Balaban J connectivity index is 1.36. The molecule has 1 aliphatic heterocycles. The van der Waals surface area contributed by atoms with E-state index in [4.69, 9.17) is 0 Å². The molecule has 0 spiro atoms. The van der Waals surface area contributed by atoms with Gasteiger partial charge in [0.25, 0.3) is 0 Å². The minimum Gasteiger partial charge on any atom is -0.356 e. The van der Waals surface area contributed by atoms with E-state index < -0.39 is 0 Å². The number of hydrogen-bond acceptors (Lipinski definition) is 2. The molecule has 122 valence electrons. The summed E-state index contributed by atoms with van der Waals surface area (Å²) >= 11 is 0. The summed E-state index contributed by atoms with van der Waals surface area (Å²) in [5, 5.41) is 6.05. The van der Waals surface area contributed by atoms with Crippen molar-refractivity contribution in [2.45, 2.75) is 70.3 Å². The molecule has 2 amide bonds. The second kappa shape index (κ2) is 5.54. The third kappa shape index (κ3) is 2.89. The molecule has 5 aliphatic rings. The van der Waals surface area contributed by atoms with Crippen molar-refractivity contribution in [3.63, 3.8) is 0 Å². The average molecular weight is 304 g/mol. The minimum absolute atomic E-state index is 0.0453. The molecule has 2 N–H and O–H groups in total. The van der Waals surface area contributed by atoms with Crippen LogP contribution in [0.2, 0.25) is 0 Å². The monoisotopic (exact) mass is 304 g/mol. The molecule has 1 heterocycles. The van der Waals surface area contributed by atoms with Gasteiger partial charge in [0, 0.05) is 25.4 Å². The predicted octanol–water partition coefficient (Wildman–Crippen LogP) is 2.38. The van der Waals surface area contributed by atoms with E-state index in [1.807, 2.05) is 0 Å². The molecule has 0 radical (unpaired) electrons. The molecule has 0 aromatic heterocycles. The van der Waals surface area contributed by atoms with Crippen LogP contribution in [0.25, 0.3) is 0 Å². The Hall–Kier alpha value is -1.06. The van der Waals surface area contributed by atoms with Crippen LogP contribution in [0, 0.1) is 23.2 Å². The molecule has 4 aliphatic carbocycles. The Morgan fingerprint density at radius 2 is 1.77 bits per heavy atom. The highest BCUT2D eigenvalue weighted by molar-refractivity contribution is 5.80. The first-order valence-electron chi connectivity index (χ1n) is 9.16. The molecule has 1 saturated heterocycles. The van der Waals surface area contributed by atoms with Crippen LogP contribution in [0.1, 0.15) is 64.2 Å². The first-order chi connectivity index (χ1) is 10.6. The Morgan fingerprint density at radius 1 is 1.14 bits per heavy atom. The molecular formula is C18H28N2O2. The van der Waals surface area contributed by atoms with Crippen LogP contribution >= 0.6 is 0 Å². The van der Waals surface area contributed by atoms with Gasteiger partial charge in [-0.25, -0.2) is 0 Å². The van der Waals surface area contributed by atoms with E-state index in [-0.39, 0.29) is 17.9 Å². The maximum Gasteiger partial charge on any atom is 0.222 e. The Morgan fingerprint density at radius 3 is 2.41 bits per heavy atom. The molecule has 5 fully saturated rings. The van der Waals surface area contributed by atoms with Crippen molar-refractivity contribution in [2.24, 2.45) is 23.2 Å². The summed E-state index contributed by atoms with van der Waals surface area (Å²) in [4.78, 5) is 24.2. The van der Waals surface area contributed by atoms with Crippen molar-refractivity contribution >= 4 is 11.8 Å². The Labute approximate surface area is 132 Å². The van der Waals surface area contributed by atoms with Crippen molar-refractivity contribution in [2.75, 3.05) is 6.54 Å². The van der Waals surface area contributed by atoms with Crippen LogP contribution in [0.4, 0.5) is 0 Å². The maximum absolute atomic E-state index is 12.6. The lowest BCUT2D eigenvalue weighted by Gasteiger charge is -2.56. The lowest BCUT2D eigenvalue weighted by Crippen LogP contribution is -2.49.